The molecule has 6 heteroatoms. The molecule has 2 aliphatic heterocycles. The molecule has 0 aliphatic carbocycles. The van der Waals surface area contributed by atoms with Crippen molar-refractivity contribution in [3.63, 3.8) is 0 Å². The Hall–Kier alpha value is -0.620. The average molecular weight is 331 g/mol. The fraction of sp³-hybridized carbons (Fsp3) is 0.600. The van der Waals surface area contributed by atoms with Crippen molar-refractivity contribution in [2.45, 2.75) is 37.6 Å². The highest BCUT2D eigenvalue weighted by atomic mass is 35.5. The Morgan fingerprint density at radius 2 is 1.95 bits per heavy atom. The van der Waals surface area contributed by atoms with Crippen LogP contribution < -0.4 is 5.32 Å². The zero-order valence-electron chi connectivity index (χ0n) is 12.5. The number of piperidine rings is 1. The summed E-state index contributed by atoms with van der Waals surface area (Å²) in [6, 6.07) is 5.94. The molecular weight excluding hydrogens is 308 g/mol. The summed E-state index contributed by atoms with van der Waals surface area (Å²) in [5.41, 5.74) is 2.16. The summed E-state index contributed by atoms with van der Waals surface area (Å²) in [4.78, 5) is 0.435. The van der Waals surface area contributed by atoms with E-state index in [0.717, 1.165) is 30.5 Å². The zero-order valence-corrected chi connectivity index (χ0v) is 14.1. The number of benzene rings is 1. The third kappa shape index (κ3) is 3.11. The lowest BCUT2D eigenvalue weighted by Gasteiger charge is -2.34. The molecule has 2 atom stereocenters. The maximum absolute atomic E-state index is 12.7. The molecule has 21 heavy (non-hydrogen) atoms. The largest absolute Gasteiger partial charge is 0.314 e. The lowest BCUT2D eigenvalue weighted by Crippen LogP contribution is -2.46. The van der Waals surface area contributed by atoms with Crippen molar-refractivity contribution < 1.29 is 8.42 Å². The number of rotatable bonds is 2. The number of aryl methyl sites for hydroxylation is 2. The van der Waals surface area contributed by atoms with E-state index >= 15 is 0 Å². The monoisotopic (exact) mass is 330 g/mol. The van der Waals surface area contributed by atoms with Crippen LogP contribution in [0.4, 0.5) is 0 Å². The standard InChI is InChI=1S/C15H22N2O2S.ClH/c1-11-3-4-14(9-12(11)2)20(18,19)17-8-6-15-13(10-17)5-7-16-15;/h3-4,9,13,15-16H,5-8,10H2,1-2H3;1H. The van der Waals surface area contributed by atoms with Gasteiger partial charge in [0.15, 0.2) is 0 Å². The first-order chi connectivity index (χ1) is 9.48. The number of hydrogen-bond acceptors (Lipinski definition) is 3. The summed E-state index contributed by atoms with van der Waals surface area (Å²) < 4.78 is 27.2. The summed E-state index contributed by atoms with van der Waals surface area (Å²) >= 11 is 0. The number of nitrogens with zero attached hydrogens (tertiary/aromatic N) is 1. The van der Waals surface area contributed by atoms with Crippen LogP contribution in [0.2, 0.25) is 0 Å². The fourth-order valence-electron chi connectivity index (χ4n) is 3.26. The van der Waals surface area contributed by atoms with Crippen molar-refractivity contribution in [2.75, 3.05) is 19.6 Å². The Balaban J connectivity index is 0.00000161. The van der Waals surface area contributed by atoms with Gasteiger partial charge >= 0.3 is 0 Å². The molecule has 2 unspecified atom stereocenters. The molecule has 0 radical (unpaired) electrons. The molecule has 2 aliphatic rings. The Bertz CT molecular complexity index is 618. The van der Waals surface area contributed by atoms with E-state index in [1.807, 2.05) is 19.9 Å². The minimum atomic E-state index is -3.33. The Labute approximate surface area is 133 Å². The van der Waals surface area contributed by atoms with E-state index in [0.29, 0.717) is 29.9 Å². The van der Waals surface area contributed by atoms with Gasteiger partial charge in [-0.3, -0.25) is 0 Å². The summed E-state index contributed by atoms with van der Waals surface area (Å²) in [6.45, 7) is 6.27. The minimum absolute atomic E-state index is 0. The van der Waals surface area contributed by atoms with E-state index < -0.39 is 10.0 Å². The van der Waals surface area contributed by atoms with Crippen LogP contribution in [0.1, 0.15) is 24.0 Å². The molecule has 0 spiro atoms. The first-order valence-electron chi connectivity index (χ1n) is 7.29. The van der Waals surface area contributed by atoms with Crippen molar-refractivity contribution in [2.24, 2.45) is 5.92 Å². The van der Waals surface area contributed by atoms with Crippen LogP contribution in [0.3, 0.4) is 0 Å². The van der Waals surface area contributed by atoms with E-state index in [-0.39, 0.29) is 12.4 Å². The molecule has 0 bridgehead atoms. The second-order valence-corrected chi connectivity index (χ2v) is 7.95. The summed E-state index contributed by atoms with van der Waals surface area (Å²) in [5.74, 6) is 0.477. The third-order valence-corrected chi connectivity index (χ3v) is 6.60. The molecule has 118 valence electrons. The van der Waals surface area contributed by atoms with E-state index in [1.54, 1.807) is 16.4 Å². The van der Waals surface area contributed by atoms with Gasteiger partial charge in [0.05, 0.1) is 4.90 Å². The van der Waals surface area contributed by atoms with E-state index in [1.165, 1.54) is 0 Å². The summed E-state index contributed by atoms with van der Waals surface area (Å²) in [5, 5.41) is 3.47. The zero-order chi connectivity index (χ0) is 14.3. The molecule has 0 saturated carbocycles. The van der Waals surface area contributed by atoms with Crippen LogP contribution >= 0.6 is 12.4 Å². The first kappa shape index (κ1) is 16.7. The molecule has 0 amide bonds. The first-order valence-corrected chi connectivity index (χ1v) is 8.73. The lowest BCUT2D eigenvalue weighted by molar-refractivity contribution is 0.247. The van der Waals surface area contributed by atoms with Gasteiger partial charge in [-0.15, -0.1) is 12.4 Å². The molecule has 1 aromatic rings. The Morgan fingerprint density at radius 3 is 2.67 bits per heavy atom. The number of fused-ring (bicyclic) bond motifs is 1. The Morgan fingerprint density at radius 1 is 1.19 bits per heavy atom. The van der Waals surface area contributed by atoms with Crippen LogP contribution in [0.25, 0.3) is 0 Å². The van der Waals surface area contributed by atoms with Gasteiger partial charge in [0.25, 0.3) is 0 Å². The molecule has 1 aromatic carbocycles. The SMILES string of the molecule is Cc1ccc(S(=O)(=O)N2CCC3NCCC3C2)cc1C.Cl. The van der Waals surface area contributed by atoms with Gasteiger partial charge in [0, 0.05) is 19.1 Å². The quantitative estimate of drug-likeness (QED) is 0.903. The summed E-state index contributed by atoms with van der Waals surface area (Å²) in [7, 11) is -3.33. The number of hydrogen-bond donors (Lipinski definition) is 1. The van der Waals surface area contributed by atoms with Crippen molar-refractivity contribution in [1.82, 2.24) is 9.62 Å². The van der Waals surface area contributed by atoms with Crippen molar-refractivity contribution >= 4 is 22.4 Å². The van der Waals surface area contributed by atoms with Gasteiger partial charge in [0.1, 0.15) is 0 Å². The molecule has 0 aromatic heterocycles. The maximum atomic E-state index is 12.7. The number of nitrogens with one attached hydrogen (secondary N) is 1. The predicted molar refractivity (Wildman–Crippen MR) is 86.4 cm³/mol. The van der Waals surface area contributed by atoms with Gasteiger partial charge < -0.3 is 5.32 Å². The number of sulfonamides is 1. The van der Waals surface area contributed by atoms with Crippen molar-refractivity contribution in [1.29, 1.82) is 0 Å². The maximum Gasteiger partial charge on any atom is 0.243 e. The van der Waals surface area contributed by atoms with Crippen LogP contribution in [0.5, 0.6) is 0 Å². The van der Waals surface area contributed by atoms with Crippen LogP contribution in [0, 0.1) is 19.8 Å². The topological polar surface area (TPSA) is 49.4 Å². The molecule has 3 rings (SSSR count). The van der Waals surface area contributed by atoms with Crippen molar-refractivity contribution in [3.05, 3.63) is 29.3 Å². The molecule has 2 fully saturated rings. The van der Waals surface area contributed by atoms with E-state index in [2.05, 4.69) is 5.32 Å². The van der Waals surface area contributed by atoms with Crippen LogP contribution in [-0.2, 0) is 10.0 Å². The molecular formula is C15H23ClN2O2S. The van der Waals surface area contributed by atoms with Crippen LogP contribution in [0.15, 0.2) is 23.1 Å². The number of halogens is 1. The van der Waals surface area contributed by atoms with Crippen LogP contribution in [-0.4, -0.2) is 38.4 Å². The van der Waals surface area contributed by atoms with Gasteiger partial charge in [-0.2, -0.15) is 4.31 Å². The average Bonchev–Trinajstić information content (AvgIpc) is 2.89. The molecule has 1 N–H and O–H groups in total. The highest BCUT2D eigenvalue weighted by molar-refractivity contribution is 7.89. The predicted octanol–water partition coefficient (Wildman–Crippen LogP) is 2.10. The second kappa shape index (κ2) is 6.24. The normalized spacial score (nSPS) is 26.2. The highest BCUT2D eigenvalue weighted by Crippen LogP contribution is 2.29. The van der Waals surface area contributed by atoms with E-state index in [9.17, 15) is 8.42 Å². The Kier molecular flexibility index (Phi) is 4.98. The molecule has 4 nitrogen and oxygen atoms in total. The smallest absolute Gasteiger partial charge is 0.243 e. The van der Waals surface area contributed by atoms with Gasteiger partial charge in [-0.05, 0) is 62.4 Å². The van der Waals surface area contributed by atoms with Crippen molar-refractivity contribution in [3.8, 4) is 0 Å². The fourth-order valence-corrected chi connectivity index (χ4v) is 4.85. The van der Waals surface area contributed by atoms with E-state index in [4.69, 9.17) is 0 Å². The summed E-state index contributed by atoms with van der Waals surface area (Å²) in [6.07, 6.45) is 2.01. The minimum Gasteiger partial charge on any atom is -0.314 e. The lowest BCUT2D eigenvalue weighted by atomic mass is 9.95. The molecule has 2 saturated heterocycles. The third-order valence-electron chi connectivity index (χ3n) is 4.73. The van der Waals surface area contributed by atoms with Gasteiger partial charge in [-0.1, -0.05) is 6.07 Å². The second-order valence-electron chi connectivity index (χ2n) is 6.01. The van der Waals surface area contributed by atoms with Gasteiger partial charge in [0.2, 0.25) is 10.0 Å². The highest BCUT2D eigenvalue weighted by Gasteiger charge is 2.37. The molecule has 2 heterocycles. The van der Waals surface area contributed by atoms with Gasteiger partial charge in [-0.25, -0.2) is 8.42 Å².